The van der Waals surface area contributed by atoms with Gasteiger partial charge in [0.15, 0.2) is 0 Å². The fourth-order valence-corrected chi connectivity index (χ4v) is 4.14. The molecule has 0 aliphatic heterocycles. The Hall–Kier alpha value is -3.88. The van der Waals surface area contributed by atoms with Crippen LogP contribution in [-0.2, 0) is 11.2 Å². The van der Waals surface area contributed by atoms with E-state index < -0.39 is 6.04 Å². The van der Waals surface area contributed by atoms with E-state index >= 15 is 0 Å². The van der Waals surface area contributed by atoms with Gasteiger partial charge >= 0.3 is 0 Å². The molecule has 1 atom stereocenters. The lowest BCUT2D eigenvalue weighted by Gasteiger charge is -2.20. The molecule has 0 fully saturated rings. The smallest absolute Gasteiger partial charge is 0.220 e. The maximum Gasteiger partial charge on any atom is 0.220 e. The van der Waals surface area contributed by atoms with Crippen LogP contribution < -0.4 is 15.4 Å². The Kier molecular flexibility index (Phi) is 9.35. The van der Waals surface area contributed by atoms with E-state index in [0.29, 0.717) is 46.8 Å². The monoisotopic (exact) mass is 550 g/mol. The van der Waals surface area contributed by atoms with E-state index in [-0.39, 0.29) is 18.2 Å². The van der Waals surface area contributed by atoms with Gasteiger partial charge in [-0.25, -0.2) is 4.68 Å². The van der Waals surface area contributed by atoms with Gasteiger partial charge in [0, 0.05) is 37.5 Å². The molecule has 2 aromatic heterocycles. The number of hydrogen-bond donors (Lipinski definition) is 3. The Labute approximate surface area is 231 Å². The molecule has 4 rings (SSSR count). The average molecular weight is 551 g/mol. The summed E-state index contributed by atoms with van der Waals surface area (Å²) in [5.41, 5.74) is 3.26. The third kappa shape index (κ3) is 7.12. The van der Waals surface area contributed by atoms with Crippen molar-refractivity contribution in [2.75, 3.05) is 13.7 Å². The lowest BCUT2D eigenvalue weighted by Crippen LogP contribution is -2.46. The number of amidine groups is 1. The summed E-state index contributed by atoms with van der Waals surface area (Å²) in [6.07, 6.45) is 4.68. The summed E-state index contributed by atoms with van der Waals surface area (Å²) in [5, 5.41) is 19.5. The number of aromatic nitrogens is 3. The Morgan fingerprint density at radius 2 is 1.89 bits per heavy atom. The molecule has 3 N–H and O–H groups in total. The van der Waals surface area contributed by atoms with Crippen molar-refractivity contribution in [3.05, 3.63) is 94.7 Å². The van der Waals surface area contributed by atoms with Crippen molar-refractivity contribution in [2.45, 2.75) is 25.3 Å². The standard InChI is InChI=1S/C28H28Cl2N6O2/c1-32-28(31)25(15-19-7-3-2-4-8-19)34-26(37)10-6-14-38-27-17-24(20-9-5-13-33-18-20)35-36(27)21-11-12-22(29)23(30)16-21/h2-5,7-9,11-13,16-18,25H,6,10,14-15H2,1H3,(H2,31,32)(H,34,37)/t25-/m0/s1. The normalized spacial score (nSPS) is 11.6. The highest BCUT2D eigenvalue weighted by Crippen LogP contribution is 2.29. The second-order valence-corrected chi connectivity index (χ2v) is 9.36. The fourth-order valence-electron chi connectivity index (χ4n) is 3.85. The number of nitrogens with zero attached hydrogens (tertiary/aromatic N) is 3. The average Bonchev–Trinajstić information content (AvgIpc) is 3.37. The second-order valence-electron chi connectivity index (χ2n) is 8.55. The van der Waals surface area contributed by atoms with Gasteiger partial charge in [0.2, 0.25) is 11.8 Å². The maximum absolute atomic E-state index is 12.7. The van der Waals surface area contributed by atoms with Crippen LogP contribution in [0.1, 0.15) is 18.4 Å². The molecule has 0 bridgehead atoms. The molecule has 8 nitrogen and oxygen atoms in total. The van der Waals surface area contributed by atoms with E-state index in [1.54, 1.807) is 42.3 Å². The third-order valence-corrected chi connectivity index (χ3v) is 6.55. The predicted octanol–water partition coefficient (Wildman–Crippen LogP) is 5.32. The first-order valence-electron chi connectivity index (χ1n) is 12.1. The second kappa shape index (κ2) is 13.1. The van der Waals surface area contributed by atoms with Gasteiger partial charge in [-0.05, 0) is 48.7 Å². The summed E-state index contributed by atoms with van der Waals surface area (Å²) in [4.78, 5) is 16.8. The van der Waals surface area contributed by atoms with Gasteiger partial charge in [-0.15, -0.1) is 0 Å². The molecule has 0 spiro atoms. The van der Waals surface area contributed by atoms with E-state index in [1.807, 2.05) is 48.5 Å². The molecular weight excluding hydrogens is 523 g/mol. The zero-order chi connectivity index (χ0) is 26.9. The maximum atomic E-state index is 12.7. The summed E-state index contributed by atoms with van der Waals surface area (Å²) >= 11 is 12.3. The predicted molar refractivity (Wildman–Crippen MR) is 150 cm³/mol. The van der Waals surface area contributed by atoms with Gasteiger partial charge in [-0.1, -0.05) is 53.5 Å². The Balaban J connectivity index is 1.40. The van der Waals surface area contributed by atoms with Gasteiger partial charge in [0.05, 0.1) is 34.1 Å². The van der Waals surface area contributed by atoms with Crippen LogP contribution in [0, 0.1) is 5.41 Å². The molecule has 10 heteroatoms. The highest BCUT2D eigenvalue weighted by Gasteiger charge is 2.18. The van der Waals surface area contributed by atoms with Crippen molar-refractivity contribution in [3.8, 4) is 22.8 Å². The van der Waals surface area contributed by atoms with Gasteiger partial charge in [-0.3, -0.25) is 15.2 Å². The van der Waals surface area contributed by atoms with Crippen LogP contribution in [0.3, 0.4) is 0 Å². The lowest BCUT2D eigenvalue weighted by molar-refractivity contribution is -0.121. The zero-order valence-electron chi connectivity index (χ0n) is 20.8. The fraction of sp³-hybridized carbons (Fsp3) is 0.214. The summed E-state index contributed by atoms with van der Waals surface area (Å²) < 4.78 is 7.70. The molecule has 0 radical (unpaired) electrons. The molecular formula is C28H28Cl2N6O2. The van der Waals surface area contributed by atoms with E-state index in [4.69, 9.17) is 33.3 Å². The van der Waals surface area contributed by atoms with Gasteiger partial charge < -0.3 is 15.4 Å². The van der Waals surface area contributed by atoms with Gasteiger partial charge in [0.1, 0.15) is 5.84 Å². The Morgan fingerprint density at radius 3 is 2.61 bits per heavy atom. The van der Waals surface area contributed by atoms with Crippen LogP contribution in [0.25, 0.3) is 16.9 Å². The number of hydrogen-bond acceptors (Lipinski definition) is 5. The Bertz CT molecular complexity index is 1380. The number of rotatable bonds is 11. The van der Waals surface area contributed by atoms with Crippen LogP contribution >= 0.6 is 23.2 Å². The molecule has 0 saturated carbocycles. The number of benzene rings is 2. The number of carbonyl (C=O) groups excluding carboxylic acids is 1. The first-order chi connectivity index (χ1) is 18.4. The highest BCUT2D eigenvalue weighted by atomic mass is 35.5. The molecule has 196 valence electrons. The summed E-state index contributed by atoms with van der Waals surface area (Å²) in [6, 6.07) is 20.1. The molecule has 1 amide bonds. The molecule has 0 aliphatic carbocycles. The van der Waals surface area contributed by atoms with E-state index in [0.717, 1.165) is 11.1 Å². The van der Waals surface area contributed by atoms with Crippen molar-refractivity contribution >= 4 is 34.9 Å². The Morgan fingerprint density at radius 1 is 1.08 bits per heavy atom. The van der Waals surface area contributed by atoms with Crippen LogP contribution in [0.4, 0.5) is 0 Å². The highest BCUT2D eigenvalue weighted by molar-refractivity contribution is 6.42. The molecule has 4 aromatic rings. The molecule has 0 aliphatic rings. The van der Waals surface area contributed by atoms with Gasteiger partial charge in [-0.2, -0.15) is 5.10 Å². The number of nitrogens with one attached hydrogen (secondary N) is 3. The van der Waals surface area contributed by atoms with Gasteiger partial charge in [0.25, 0.3) is 0 Å². The molecule has 2 aromatic carbocycles. The van der Waals surface area contributed by atoms with E-state index in [9.17, 15) is 4.79 Å². The van der Waals surface area contributed by atoms with Crippen LogP contribution in [0.15, 0.2) is 79.1 Å². The molecule has 0 unspecified atom stereocenters. The van der Waals surface area contributed by atoms with Crippen molar-refractivity contribution in [3.63, 3.8) is 0 Å². The minimum absolute atomic E-state index is 0.149. The number of carbonyl (C=O) groups is 1. The molecule has 38 heavy (non-hydrogen) atoms. The zero-order valence-corrected chi connectivity index (χ0v) is 22.3. The van der Waals surface area contributed by atoms with Crippen molar-refractivity contribution in [1.82, 2.24) is 25.4 Å². The van der Waals surface area contributed by atoms with Crippen LogP contribution in [0.2, 0.25) is 10.0 Å². The number of likely N-dealkylation sites (N-methyl/N-ethyl adjacent to an activating group) is 1. The summed E-state index contributed by atoms with van der Waals surface area (Å²) in [5.74, 6) is 0.608. The lowest BCUT2D eigenvalue weighted by atomic mass is 10.0. The first-order valence-corrected chi connectivity index (χ1v) is 12.9. The van der Waals surface area contributed by atoms with E-state index in [1.165, 1.54) is 0 Å². The minimum Gasteiger partial charge on any atom is -0.478 e. The van der Waals surface area contributed by atoms with E-state index in [2.05, 4.69) is 20.7 Å². The van der Waals surface area contributed by atoms with Crippen LogP contribution in [0.5, 0.6) is 5.88 Å². The van der Waals surface area contributed by atoms with Crippen molar-refractivity contribution in [2.24, 2.45) is 0 Å². The number of halogens is 2. The van der Waals surface area contributed by atoms with Crippen molar-refractivity contribution in [1.29, 1.82) is 5.41 Å². The first kappa shape index (κ1) is 27.2. The number of amides is 1. The van der Waals surface area contributed by atoms with Crippen molar-refractivity contribution < 1.29 is 9.53 Å². The quantitative estimate of drug-likeness (QED) is 0.133. The van der Waals surface area contributed by atoms with Crippen LogP contribution in [-0.4, -0.2) is 46.2 Å². The number of ether oxygens (including phenoxy) is 1. The third-order valence-electron chi connectivity index (χ3n) is 5.82. The minimum atomic E-state index is -0.436. The number of pyridine rings is 1. The summed E-state index contributed by atoms with van der Waals surface area (Å²) in [7, 11) is 1.68. The molecule has 0 saturated heterocycles. The molecule has 2 heterocycles. The SMILES string of the molecule is CNC(=N)[C@H](Cc1ccccc1)NC(=O)CCCOc1cc(-c2cccnc2)nn1-c1ccc(Cl)c(Cl)c1. The summed E-state index contributed by atoms with van der Waals surface area (Å²) in [6.45, 7) is 0.291. The largest absolute Gasteiger partial charge is 0.478 e. The topological polar surface area (TPSA) is 105 Å².